The normalized spacial score (nSPS) is 17.9. The van der Waals surface area contributed by atoms with E-state index in [0.29, 0.717) is 12.2 Å². The van der Waals surface area contributed by atoms with E-state index in [1.165, 1.54) is 0 Å². The lowest BCUT2D eigenvalue weighted by atomic mass is 10.2. The van der Waals surface area contributed by atoms with Crippen molar-refractivity contribution in [2.45, 2.75) is 0 Å². The number of benzene rings is 1. The van der Waals surface area contributed by atoms with Gasteiger partial charge in [-0.1, -0.05) is 5.16 Å². The average molecular weight is 293 g/mol. The number of rotatable bonds is 6. The van der Waals surface area contributed by atoms with Crippen LogP contribution < -0.4 is 15.9 Å². The first kappa shape index (κ1) is 15.6. The summed E-state index contributed by atoms with van der Waals surface area (Å²) in [6, 6.07) is 7.14. The van der Waals surface area contributed by atoms with Gasteiger partial charge in [-0.05, 0) is 31.3 Å². The van der Waals surface area contributed by atoms with Gasteiger partial charge in [0.1, 0.15) is 12.4 Å². The zero-order valence-electron chi connectivity index (χ0n) is 12.3. The van der Waals surface area contributed by atoms with Crippen LogP contribution in [0.4, 0.5) is 0 Å². The Morgan fingerprint density at radius 1 is 1.29 bits per heavy atom. The Kier molecular flexibility index (Phi) is 5.79. The summed E-state index contributed by atoms with van der Waals surface area (Å²) in [5, 5.41) is 13.8. The second-order valence-corrected chi connectivity index (χ2v) is 5.06. The molecule has 116 valence electrons. The third-order valence-electron chi connectivity index (χ3n) is 3.47. The zero-order chi connectivity index (χ0) is 15.1. The topological polar surface area (TPSA) is 86.4 Å². The Labute approximate surface area is 124 Å². The molecule has 4 N–H and O–H groups in total. The van der Waals surface area contributed by atoms with Crippen LogP contribution in [0.1, 0.15) is 5.56 Å². The van der Waals surface area contributed by atoms with Gasteiger partial charge >= 0.3 is 0 Å². The molecule has 0 radical (unpaired) electrons. The summed E-state index contributed by atoms with van der Waals surface area (Å²) in [6.07, 6.45) is 0. The van der Waals surface area contributed by atoms with Crippen LogP contribution in [0, 0.1) is 0 Å². The minimum Gasteiger partial charge on any atom is -0.492 e. The van der Waals surface area contributed by atoms with Crippen molar-refractivity contribution in [3.05, 3.63) is 29.8 Å². The van der Waals surface area contributed by atoms with Crippen LogP contribution >= 0.6 is 0 Å². The van der Waals surface area contributed by atoms with Gasteiger partial charge in [-0.15, -0.1) is 0 Å². The number of amidine groups is 1. The Balaban J connectivity index is 1.67. The van der Waals surface area contributed by atoms with Crippen LogP contribution in [0.2, 0.25) is 0 Å². The predicted molar refractivity (Wildman–Crippen MR) is 81.5 cm³/mol. The van der Waals surface area contributed by atoms with Gasteiger partial charge in [0, 0.05) is 38.3 Å². The average Bonchev–Trinajstić information content (AvgIpc) is 2.53. The maximum absolute atomic E-state index is 8.59. The van der Waals surface area contributed by atoms with Crippen molar-refractivity contribution in [2.24, 2.45) is 10.9 Å². The highest BCUT2D eigenvalue weighted by Gasteiger charge is 2.12. The molecule has 1 aliphatic heterocycles. The van der Waals surface area contributed by atoms with Gasteiger partial charge in [-0.2, -0.15) is 0 Å². The van der Waals surface area contributed by atoms with Crippen molar-refractivity contribution < 1.29 is 9.94 Å². The van der Waals surface area contributed by atoms with Crippen molar-refractivity contribution >= 4 is 5.84 Å². The number of oxime groups is 1. The Hall–Kier alpha value is -1.83. The van der Waals surface area contributed by atoms with Crippen molar-refractivity contribution in [3.8, 4) is 5.75 Å². The maximum atomic E-state index is 8.59. The van der Waals surface area contributed by atoms with Gasteiger partial charge in [-0.3, -0.25) is 5.43 Å². The van der Waals surface area contributed by atoms with Crippen LogP contribution in [0.3, 0.4) is 0 Å². The van der Waals surface area contributed by atoms with Crippen molar-refractivity contribution in [2.75, 3.05) is 46.4 Å². The van der Waals surface area contributed by atoms with Crippen LogP contribution in [-0.2, 0) is 0 Å². The molecule has 0 atom stereocenters. The largest absolute Gasteiger partial charge is 0.492 e. The second-order valence-electron chi connectivity index (χ2n) is 5.06. The highest BCUT2D eigenvalue weighted by Crippen LogP contribution is 2.11. The fourth-order valence-electron chi connectivity index (χ4n) is 2.12. The number of hydrogen-bond acceptors (Lipinski definition) is 6. The van der Waals surface area contributed by atoms with Crippen molar-refractivity contribution in [1.29, 1.82) is 0 Å². The smallest absolute Gasteiger partial charge is 0.170 e. The summed E-state index contributed by atoms with van der Waals surface area (Å²) in [5.74, 6) is 0.864. The van der Waals surface area contributed by atoms with E-state index in [0.717, 1.165) is 38.5 Å². The molecule has 1 aromatic rings. The van der Waals surface area contributed by atoms with E-state index < -0.39 is 0 Å². The molecule has 21 heavy (non-hydrogen) atoms. The van der Waals surface area contributed by atoms with E-state index in [1.54, 1.807) is 12.1 Å². The highest BCUT2D eigenvalue weighted by molar-refractivity contribution is 5.97. The number of nitrogens with two attached hydrogens (primary N) is 1. The van der Waals surface area contributed by atoms with Crippen LogP contribution in [0.5, 0.6) is 5.75 Å². The number of nitrogens with one attached hydrogen (secondary N) is 1. The Morgan fingerprint density at radius 2 is 1.95 bits per heavy atom. The van der Waals surface area contributed by atoms with Crippen molar-refractivity contribution in [1.82, 2.24) is 15.3 Å². The molecule has 7 heteroatoms. The summed E-state index contributed by atoms with van der Waals surface area (Å²) in [5.41, 5.74) is 9.53. The molecule has 0 aromatic heterocycles. The van der Waals surface area contributed by atoms with E-state index in [1.807, 2.05) is 12.1 Å². The lowest BCUT2D eigenvalue weighted by Crippen LogP contribution is -2.51. The fraction of sp³-hybridized carbons (Fsp3) is 0.500. The molecular weight excluding hydrogens is 270 g/mol. The minimum absolute atomic E-state index is 0.0956. The molecule has 1 aliphatic rings. The zero-order valence-corrected chi connectivity index (χ0v) is 12.3. The summed E-state index contributed by atoms with van der Waals surface area (Å²) in [7, 11) is 2.14. The SMILES string of the molecule is CN1CCN(NCCOc2ccc(/C(N)=N/O)cc2)CC1. The molecule has 1 saturated heterocycles. The number of hydrazine groups is 1. The van der Waals surface area contributed by atoms with Gasteiger partial charge in [-0.25, -0.2) is 5.01 Å². The van der Waals surface area contributed by atoms with Gasteiger partial charge in [0.25, 0.3) is 0 Å². The number of ether oxygens (including phenoxy) is 1. The molecule has 0 bridgehead atoms. The van der Waals surface area contributed by atoms with Gasteiger partial charge in [0.2, 0.25) is 0 Å². The van der Waals surface area contributed by atoms with Gasteiger partial charge in [0.15, 0.2) is 5.84 Å². The van der Waals surface area contributed by atoms with E-state index in [2.05, 4.69) is 27.5 Å². The lowest BCUT2D eigenvalue weighted by molar-refractivity contribution is 0.0979. The number of nitrogens with zero attached hydrogens (tertiary/aromatic N) is 3. The maximum Gasteiger partial charge on any atom is 0.170 e. The molecular formula is C14H23N5O2. The molecule has 0 aliphatic carbocycles. The number of hydrogen-bond donors (Lipinski definition) is 3. The fourth-order valence-corrected chi connectivity index (χ4v) is 2.12. The van der Waals surface area contributed by atoms with Crippen molar-refractivity contribution in [3.63, 3.8) is 0 Å². The quantitative estimate of drug-likeness (QED) is 0.223. The summed E-state index contributed by atoms with van der Waals surface area (Å²) >= 11 is 0. The van der Waals surface area contributed by atoms with Crippen LogP contribution in [0.15, 0.2) is 29.4 Å². The van der Waals surface area contributed by atoms with Crippen LogP contribution in [0.25, 0.3) is 0 Å². The highest BCUT2D eigenvalue weighted by atomic mass is 16.5. The molecule has 1 aromatic carbocycles. The third kappa shape index (κ3) is 4.89. The standard InChI is InChI=1S/C14H23N5O2/c1-18-7-9-19(10-8-18)16-6-11-21-13-4-2-12(3-5-13)14(15)17-20/h2-5,16,20H,6-11H2,1H3,(H2,15,17). The molecule has 7 nitrogen and oxygen atoms in total. The summed E-state index contributed by atoms with van der Waals surface area (Å²) in [6.45, 7) is 5.60. The molecule has 0 saturated carbocycles. The monoisotopic (exact) mass is 293 g/mol. The van der Waals surface area contributed by atoms with Gasteiger partial charge < -0.3 is 20.6 Å². The van der Waals surface area contributed by atoms with Gasteiger partial charge in [0.05, 0.1) is 0 Å². The molecule has 1 heterocycles. The number of likely N-dealkylation sites (N-methyl/N-ethyl adjacent to an activating group) is 1. The molecule has 1 fully saturated rings. The second kappa shape index (κ2) is 7.82. The Bertz CT molecular complexity index is 455. The van der Waals surface area contributed by atoms with E-state index in [-0.39, 0.29) is 5.84 Å². The third-order valence-corrected chi connectivity index (χ3v) is 3.47. The summed E-state index contributed by atoms with van der Waals surface area (Å²) < 4.78 is 5.64. The minimum atomic E-state index is 0.0956. The Morgan fingerprint density at radius 3 is 2.57 bits per heavy atom. The van der Waals surface area contributed by atoms with E-state index in [4.69, 9.17) is 15.7 Å². The molecule has 0 amide bonds. The first-order chi connectivity index (χ1) is 10.2. The first-order valence-corrected chi connectivity index (χ1v) is 7.07. The van der Waals surface area contributed by atoms with E-state index >= 15 is 0 Å². The molecule has 0 unspecified atom stereocenters. The predicted octanol–water partition coefficient (Wildman–Crippen LogP) is -0.0881. The summed E-state index contributed by atoms with van der Waals surface area (Å²) in [4.78, 5) is 2.32. The van der Waals surface area contributed by atoms with E-state index in [9.17, 15) is 0 Å². The molecule has 0 spiro atoms. The first-order valence-electron chi connectivity index (χ1n) is 7.07. The molecule has 2 rings (SSSR count). The van der Waals surface area contributed by atoms with Crippen LogP contribution in [-0.4, -0.2) is 67.3 Å². The number of piperazine rings is 1. The lowest BCUT2D eigenvalue weighted by Gasteiger charge is -2.32.